The zero-order valence-corrected chi connectivity index (χ0v) is 8.87. The van der Waals surface area contributed by atoms with Gasteiger partial charge < -0.3 is 9.47 Å². The van der Waals surface area contributed by atoms with E-state index in [9.17, 15) is 14.4 Å². The summed E-state index contributed by atoms with van der Waals surface area (Å²) in [5.41, 5.74) is -1.27. The Bertz CT molecular complexity index is 266. The van der Waals surface area contributed by atoms with Crippen LogP contribution >= 0.6 is 0 Å². The monoisotopic (exact) mass is 214 g/mol. The first-order valence-corrected chi connectivity index (χ1v) is 4.75. The highest BCUT2D eigenvalue weighted by molar-refractivity contribution is 6.01. The largest absolute Gasteiger partial charge is 0.468 e. The molecule has 0 amide bonds. The fraction of sp³-hybridized carbons (Fsp3) is 0.700. The zero-order valence-electron chi connectivity index (χ0n) is 8.87. The second-order valence-electron chi connectivity index (χ2n) is 3.60. The molecule has 0 atom stereocenters. The van der Waals surface area contributed by atoms with Gasteiger partial charge in [-0.05, 0) is 12.8 Å². The van der Waals surface area contributed by atoms with Crippen molar-refractivity contribution in [3.63, 3.8) is 0 Å². The second-order valence-corrected chi connectivity index (χ2v) is 3.60. The maximum Gasteiger partial charge on any atom is 0.323 e. The molecule has 5 heteroatoms. The summed E-state index contributed by atoms with van der Waals surface area (Å²) in [4.78, 5) is 34.2. The van der Waals surface area contributed by atoms with Crippen molar-refractivity contribution in [3.8, 4) is 0 Å². The molecule has 1 saturated carbocycles. The number of ether oxygens (including phenoxy) is 2. The first kappa shape index (κ1) is 11.7. The Labute approximate surface area is 87.7 Å². The van der Waals surface area contributed by atoms with E-state index >= 15 is 0 Å². The van der Waals surface area contributed by atoms with Gasteiger partial charge in [0, 0.05) is 12.8 Å². The van der Waals surface area contributed by atoms with E-state index in [1.54, 1.807) is 0 Å². The topological polar surface area (TPSA) is 69.7 Å². The number of rotatable bonds is 2. The number of hydrogen-bond acceptors (Lipinski definition) is 5. The predicted molar refractivity (Wildman–Crippen MR) is 49.9 cm³/mol. The van der Waals surface area contributed by atoms with Crippen LogP contribution in [0.4, 0.5) is 0 Å². The fourth-order valence-electron chi connectivity index (χ4n) is 1.84. The third-order valence-corrected chi connectivity index (χ3v) is 2.81. The predicted octanol–water partition coefficient (Wildman–Crippen LogP) is 0.462. The summed E-state index contributed by atoms with van der Waals surface area (Å²) >= 11 is 0. The molecule has 0 N–H and O–H groups in total. The van der Waals surface area contributed by atoms with Crippen LogP contribution in [0.1, 0.15) is 25.7 Å². The summed E-state index contributed by atoms with van der Waals surface area (Å²) in [6, 6.07) is 0. The van der Waals surface area contributed by atoms with Crippen molar-refractivity contribution in [2.75, 3.05) is 14.2 Å². The van der Waals surface area contributed by atoms with E-state index in [0.29, 0.717) is 0 Å². The molecule has 0 unspecified atom stereocenters. The third-order valence-electron chi connectivity index (χ3n) is 2.81. The molecular weight excluding hydrogens is 200 g/mol. The lowest BCUT2D eigenvalue weighted by molar-refractivity contribution is -0.171. The molecule has 0 spiro atoms. The van der Waals surface area contributed by atoms with Gasteiger partial charge in [0.15, 0.2) is 5.41 Å². The van der Waals surface area contributed by atoms with Crippen LogP contribution in [0.3, 0.4) is 0 Å². The number of ketones is 1. The minimum atomic E-state index is -1.27. The molecule has 5 nitrogen and oxygen atoms in total. The number of Topliss-reactive ketones (excluding diaryl/α,β-unsaturated/α-hetero) is 1. The van der Waals surface area contributed by atoms with Crippen LogP contribution < -0.4 is 0 Å². The zero-order chi connectivity index (χ0) is 11.5. The summed E-state index contributed by atoms with van der Waals surface area (Å²) < 4.78 is 9.20. The Kier molecular flexibility index (Phi) is 3.44. The number of methoxy groups -OCH3 is 2. The Morgan fingerprint density at radius 2 is 1.47 bits per heavy atom. The minimum Gasteiger partial charge on any atom is -0.468 e. The van der Waals surface area contributed by atoms with E-state index in [-0.39, 0.29) is 31.5 Å². The van der Waals surface area contributed by atoms with Crippen LogP contribution in [-0.2, 0) is 23.9 Å². The van der Waals surface area contributed by atoms with E-state index in [4.69, 9.17) is 0 Å². The summed E-state index contributed by atoms with van der Waals surface area (Å²) in [6.45, 7) is 0. The van der Waals surface area contributed by atoms with Crippen LogP contribution in [0.5, 0.6) is 0 Å². The van der Waals surface area contributed by atoms with Crippen molar-refractivity contribution in [3.05, 3.63) is 0 Å². The van der Waals surface area contributed by atoms with E-state index in [0.717, 1.165) is 0 Å². The van der Waals surface area contributed by atoms with Gasteiger partial charge in [-0.2, -0.15) is 0 Å². The van der Waals surface area contributed by atoms with Gasteiger partial charge >= 0.3 is 11.9 Å². The molecule has 0 aromatic carbocycles. The second kappa shape index (κ2) is 4.42. The van der Waals surface area contributed by atoms with E-state index in [1.807, 2.05) is 0 Å². The molecule has 1 aliphatic carbocycles. The SMILES string of the molecule is COC(=O)C1(C(=O)OC)CCC(=O)CC1. The van der Waals surface area contributed by atoms with Crippen LogP contribution in [0.15, 0.2) is 0 Å². The molecule has 1 fully saturated rings. The highest BCUT2D eigenvalue weighted by Crippen LogP contribution is 2.37. The van der Waals surface area contributed by atoms with E-state index in [1.165, 1.54) is 14.2 Å². The summed E-state index contributed by atoms with van der Waals surface area (Å²) in [5.74, 6) is -1.15. The number of esters is 2. The molecule has 15 heavy (non-hydrogen) atoms. The van der Waals surface area contributed by atoms with Gasteiger partial charge in [-0.25, -0.2) is 0 Å². The van der Waals surface area contributed by atoms with Crippen molar-refractivity contribution in [1.82, 2.24) is 0 Å². The van der Waals surface area contributed by atoms with Crippen molar-refractivity contribution in [1.29, 1.82) is 0 Å². The van der Waals surface area contributed by atoms with Crippen molar-refractivity contribution < 1.29 is 23.9 Å². The van der Waals surface area contributed by atoms with Gasteiger partial charge in [-0.1, -0.05) is 0 Å². The maximum atomic E-state index is 11.6. The Morgan fingerprint density at radius 1 is 1.07 bits per heavy atom. The molecular formula is C10H14O5. The lowest BCUT2D eigenvalue weighted by Gasteiger charge is -2.30. The lowest BCUT2D eigenvalue weighted by atomic mass is 9.73. The molecule has 0 aromatic heterocycles. The Hall–Kier alpha value is -1.39. The fourth-order valence-corrected chi connectivity index (χ4v) is 1.84. The number of hydrogen-bond donors (Lipinski definition) is 0. The molecule has 1 rings (SSSR count). The molecule has 1 aliphatic rings. The summed E-state index contributed by atoms with van der Waals surface area (Å²) in [6.07, 6.45) is 0.824. The van der Waals surface area contributed by atoms with Gasteiger partial charge in [-0.3, -0.25) is 14.4 Å². The smallest absolute Gasteiger partial charge is 0.323 e. The van der Waals surface area contributed by atoms with E-state index < -0.39 is 17.4 Å². The average molecular weight is 214 g/mol. The quantitative estimate of drug-likeness (QED) is 0.493. The standard InChI is InChI=1S/C10H14O5/c1-14-8(12)10(9(13)15-2)5-3-7(11)4-6-10/h3-6H2,1-2H3. The molecule has 0 saturated heterocycles. The first-order chi connectivity index (χ1) is 7.06. The highest BCUT2D eigenvalue weighted by atomic mass is 16.5. The van der Waals surface area contributed by atoms with Crippen LogP contribution in [-0.4, -0.2) is 31.9 Å². The molecule has 0 heterocycles. The van der Waals surface area contributed by atoms with Gasteiger partial charge in [0.25, 0.3) is 0 Å². The van der Waals surface area contributed by atoms with Crippen LogP contribution in [0.2, 0.25) is 0 Å². The van der Waals surface area contributed by atoms with Crippen molar-refractivity contribution in [2.24, 2.45) is 5.41 Å². The van der Waals surface area contributed by atoms with Crippen LogP contribution in [0.25, 0.3) is 0 Å². The molecule has 0 aliphatic heterocycles. The van der Waals surface area contributed by atoms with Gasteiger partial charge in [0.05, 0.1) is 14.2 Å². The molecule has 0 radical (unpaired) electrons. The normalized spacial score (nSPS) is 19.5. The van der Waals surface area contributed by atoms with Crippen molar-refractivity contribution in [2.45, 2.75) is 25.7 Å². The number of carbonyl (C=O) groups excluding carboxylic acids is 3. The Balaban J connectivity index is 2.92. The Morgan fingerprint density at radius 3 is 1.80 bits per heavy atom. The number of carbonyl (C=O) groups is 3. The van der Waals surface area contributed by atoms with Crippen molar-refractivity contribution >= 4 is 17.7 Å². The van der Waals surface area contributed by atoms with E-state index in [2.05, 4.69) is 9.47 Å². The van der Waals surface area contributed by atoms with Crippen LogP contribution in [0, 0.1) is 5.41 Å². The average Bonchev–Trinajstić information content (AvgIpc) is 2.28. The highest BCUT2D eigenvalue weighted by Gasteiger charge is 2.50. The molecule has 84 valence electrons. The minimum absolute atomic E-state index is 0.0680. The summed E-state index contributed by atoms with van der Waals surface area (Å²) in [5, 5.41) is 0. The third kappa shape index (κ3) is 2.00. The van der Waals surface area contributed by atoms with Gasteiger partial charge in [0.2, 0.25) is 0 Å². The van der Waals surface area contributed by atoms with Gasteiger partial charge in [0.1, 0.15) is 5.78 Å². The van der Waals surface area contributed by atoms with Gasteiger partial charge in [-0.15, -0.1) is 0 Å². The molecule has 0 aromatic rings. The summed E-state index contributed by atoms with van der Waals surface area (Å²) in [7, 11) is 2.45. The lowest BCUT2D eigenvalue weighted by Crippen LogP contribution is -2.44. The maximum absolute atomic E-state index is 11.6. The first-order valence-electron chi connectivity index (χ1n) is 4.75. The molecule has 0 bridgehead atoms.